The maximum Gasteiger partial charge on any atom is 0.119 e. The summed E-state index contributed by atoms with van der Waals surface area (Å²) >= 11 is 0. The normalized spacial score (nSPS) is 21.7. The van der Waals surface area contributed by atoms with Crippen LogP contribution >= 0.6 is 0 Å². The second kappa shape index (κ2) is 5.45. The van der Waals surface area contributed by atoms with E-state index in [-0.39, 0.29) is 0 Å². The highest BCUT2D eigenvalue weighted by molar-refractivity contribution is 5.31. The SMILES string of the molecule is NC1CC(Oc2ccc(Cc3ccccc3)cc2)C1. The van der Waals surface area contributed by atoms with Crippen LogP contribution in [0.3, 0.4) is 0 Å². The van der Waals surface area contributed by atoms with Crippen LogP contribution in [0, 0.1) is 0 Å². The number of rotatable bonds is 4. The zero-order chi connectivity index (χ0) is 13.1. The lowest BCUT2D eigenvalue weighted by Gasteiger charge is -2.32. The van der Waals surface area contributed by atoms with Crippen molar-refractivity contribution in [1.29, 1.82) is 0 Å². The maximum atomic E-state index is 5.85. The van der Waals surface area contributed by atoms with Gasteiger partial charge in [0.15, 0.2) is 0 Å². The van der Waals surface area contributed by atoms with Crippen LogP contribution in [0.15, 0.2) is 54.6 Å². The first-order valence-corrected chi connectivity index (χ1v) is 6.85. The third kappa shape index (κ3) is 3.15. The average Bonchev–Trinajstić information content (AvgIpc) is 2.40. The van der Waals surface area contributed by atoms with Crippen molar-refractivity contribution in [3.05, 3.63) is 65.7 Å². The minimum atomic E-state index is 0.315. The van der Waals surface area contributed by atoms with Crippen molar-refractivity contribution in [1.82, 2.24) is 0 Å². The lowest BCUT2D eigenvalue weighted by atomic mass is 9.90. The van der Waals surface area contributed by atoms with E-state index < -0.39 is 0 Å². The fraction of sp³-hybridized carbons (Fsp3) is 0.294. The highest BCUT2D eigenvalue weighted by atomic mass is 16.5. The molecule has 1 aliphatic carbocycles. The number of benzene rings is 2. The molecule has 0 atom stereocenters. The van der Waals surface area contributed by atoms with Crippen LogP contribution in [0.5, 0.6) is 5.75 Å². The van der Waals surface area contributed by atoms with Gasteiger partial charge in [-0.05, 0) is 42.5 Å². The first-order chi connectivity index (χ1) is 9.29. The van der Waals surface area contributed by atoms with Gasteiger partial charge in [-0.1, -0.05) is 42.5 Å². The summed E-state index contributed by atoms with van der Waals surface area (Å²) in [5, 5.41) is 0. The second-order valence-electron chi connectivity index (χ2n) is 5.28. The van der Waals surface area contributed by atoms with Crippen molar-refractivity contribution in [3.8, 4) is 5.75 Å². The number of ether oxygens (including phenoxy) is 1. The van der Waals surface area contributed by atoms with Gasteiger partial charge in [0.1, 0.15) is 11.9 Å². The van der Waals surface area contributed by atoms with Crippen molar-refractivity contribution in [2.75, 3.05) is 0 Å². The van der Waals surface area contributed by atoms with E-state index in [1.54, 1.807) is 0 Å². The van der Waals surface area contributed by atoms with Crippen molar-refractivity contribution in [2.24, 2.45) is 5.73 Å². The number of hydrogen-bond donors (Lipinski definition) is 1. The molecule has 1 fully saturated rings. The molecule has 2 heteroatoms. The Morgan fingerprint density at radius 1 is 0.895 bits per heavy atom. The highest BCUT2D eigenvalue weighted by Crippen LogP contribution is 2.25. The number of hydrogen-bond acceptors (Lipinski definition) is 2. The van der Waals surface area contributed by atoms with Gasteiger partial charge in [0, 0.05) is 6.04 Å². The van der Waals surface area contributed by atoms with Gasteiger partial charge in [0.25, 0.3) is 0 Å². The summed E-state index contributed by atoms with van der Waals surface area (Å²) in [4.78, 5) is 0. The predicted octanol–water partition coefficient (Wildman–Crippen LogP) is 3.15. The highest BCUT2D eigenvalue weighted by Gasteiger charge is 2.27. The van der Waals surface area contributed by atoms with Gasteiger partial charge in [-0.15, -0.1) is 0 Å². The van der Waals surface area contributed by atoms with Crippen LogP contribution in [0.2, 0.25) is 0 Å². The summed E-state index contributed by atoms with van der Waals surface area (Å²) in [7, 11) is 0. The van der Waals surface area contributed by atoms with Crippen LogP contribution in [0.25, 0.3) is 0 Å². The topological polar surface area (TPSA) is 35.2 Å². The Labute approximate surface area is 114 Å². The molecule has 0 unspecified atom stereocenters. The van der Waals surface area contributed by atoms with E-state index in [1.165, 1.54) is 11.1 Å². The molecule has 0 spiro atoms. The van der Waals surface area contributed by atoms with E-state index in [4.69, 9.17) is 10.5 Å². The summed E-state index contributed by atoms with van der Waals surface area (Å²) in [6.07, 6.45) is 3.24. The molecule has 2 N–H and O–H groups in total. The molecule has 0 heterocycles. The fourth-order valence-corrected chi connectivity index (χ4v) is 2.41. The molecule has 2 aromatic carbocycles. The summed E-state index contributed by atoms with van der Waals surface area (Å²) in [6, 6.07) is 19.2. The minimum absolute atomic E-state index is 0.315. The lowest BCUT2D eigenvalue weighted by Crippen LogP contribution is -2.43. The first-order valence-electron chi connectivity index (χ1n) is 6.85. The largest absolute Gasteiger partial charge is 0.490 e. The molecule has 0 aromatic heterocycles. The average molecular weight is 253 g/mol. The quantitative estimate of drug-likeness (QED) is 0.908. The molecule has 0 bridgehead atoms. The third-order valence-corrected chi connectivity index (χ3v) is 3.61. The summed E-state index contributed by atoms with van der Waals surface area (Å²) in [5.41, 5.74) is 8.40. The Morgan fingerprint density at radius 2 is 1.53 bits per heavy atom. The Bertz CT molecular complexity index is 515. The number of nitrogens with two attached hydrogens (primary N) is 1. The van der Waals surface area contributed by atoms with Gasteiger partial charge in [-0.2, -0.15) is 0 Å². The molecule has 0 radical (unpaired) electrons. The third-order valence-electron chi connectivity index (χ3n) is 3.61. The van der Waals surface area contributed by atoms with E-state index in [0.29, 0.717) is 12.1 Å². The molecule has 0 saturated heterocycles. The van der Waals surface area contributed by atoms with Crippen molar-refractivity contribution in [2.45, 2.75) is 31.4 Å². The molecular formula is C17H19NO. The van der Waals surface area contributed by atoms with Crippen molar-refractivity contribution in [3.63, 3.8) is 0 Å². The summed E-state index contributed by atoms with van der Waals surface area (Å²) in [5.74, 6) is 0.953. The van der Waals surface area contributed by atoms with Gasteiger partial charge in [-0.3, -0.25) is 0 Å². The zero-order valence-electron chi connectivity index (χ0n) is 11.0. The van der Waals surface area contributed by atoms with Gasteiger partial charge >= 0.3 is 0 Å². The van der Waals surface area contributed by atoms with E-state index in [1.807, 2.05) is 6.07 Å². The Morgan fingerprint density at radius 3 is 2.16 bits per heavy atom. The van der Waals surface area contributed by atoms with Gasteiger partial charge in [-0.25, -0.2) is 0 Å². The van der Waals surface area contributed by atoms with Crippen LogP contribution < -0.4 is 10.5 Å². The Kier molecular flexibility index (Phi) is 3.51. The van der Waals surface area contributed by atoms with E-state index in [2.05, 4.69) is 48.5 Å². The van der Waals surface area contributed by atoms with Crippen LogP contribution in [0.1, 0.15) is 24.0 Å². The van der Waals surface area contributed by atoms with Crippen LogP contribution in [-0.4, -0.2) is 12.1 Å². The molecule has 2 nitrogen and oxygen atoms in total. The first kappa shape index (κ1) is 12.2. The van der Waals surface area contributed by atoms with E-state index in [0.717, 1.165) is 25.0 Å². The maximum absolute atomic E-state index is 5.85. The zero-order valence-corrected chi connectivity index (χ0v) is 11.0. The van der Waals surface area contributed by atoms with Crippen LogP contribution in [0.4, 0.5) is 0 Å². The van der Waals surface area contributed by atoms with Gasteiger partial charge < -0.3 is 10.5 Å². The predicted molar refractivity (Wildman–Crippen MR) is 77.3 cm³/mol. The monoisotopic (exact) mass is 253 g/mol. The molecule has 19 heavy (non-hydrogen) atoms. The molecule has 98 valence electrons. The van der Waals surface area contributed by atoms with Crippen molar-refractivity contribution < 1.29 is 4.74 Å². The van der Waals surface area contributed by atoms with E-state index >= 15 is 0 Å². The summed E-state index contributed by atoms with van der Waals surface area (Å²) in [6.45, 7) is 0. The molecule has 0 amide bonds. The Balaban J connectivity index is 1.59. The van der Waals surface area contributed by atoms with Crippen molar-refractivity contribution >= 4 is 0 Å². The lowest BCUT2D eigenvalue weighted by molar-refractivity contribution is 0.101. The summed E-state index contributed by atoms with van der Waals surface area (Å²) < 4.78 is 5.85. The second-order valence-corrected chi connectivity index (χ2v) is 5.28. The minimum Gasteiger partial charge on any atom is -0.490 e. The molecular weight excluding hydrogens is 234 g/mol. The van der Waals surface area contributed by atoms with Gasteiger partial charge in [0.05, 0.1) is 0 Å². The molecule has 1 aliphatic rings. The molecule has 1 saturated carbocycles. The van der Waals surface area contributed by atoms with Gasteiger partial charge in [0.2, 0.25) is 0 Å². The molecule has 0 aliphatic heterocycles. The smallest absolute Gasteiger partial charge is 0.119 e. The fourth-order valence-electron chi connectivity index (χ4n) is 2.41. The molecule has 3 rings (SSSR count). The Hall–Kier alpha value is -1.80. The molecule has 2 aromatic rings. The van der Waals surface area contributed by atoms with Crippen LogP contribution in [-0.2, 0) is 6.42 Å². The standard InChI is InChI=1S/C17H19NO/c18-15-11-17(12-15)19-16-8-6-14(7-9-16)10-13-4-2-1-3-5-13/h1-9,15,17H,10-12,18H2. The van der Waals surface area contributed by atoms with E-state index in [9.17, 15) is 0 Å².